The molecule has 0 spiro atoms. The van der Waals surface area contributed by atoms with Crippen molar-refractivity contribution in [3.63, 3.8) is 0 Å². The smallest absolute Gasteiger partial charge is 0.408 e. The number of nitrogens with one attached hydrogen (secondary N) is 2. The van der Waals surface area contributed by atoms with Crippen LogP contribution in [0.3, 0.4) is 0 Å². The number of carbonyl (C=O) groups excluding carboxylic acids is 3. The molecular formula is C32H46N2O8. The standard InChI is InChI=1S/C32H46N2O8/c1-21-19-25(35)26(22(2)27(21)36)32(6,7)16-18-40-28(37)24(34-30(39)42-31(3,4)5)15-11-12-17-33-29(38)41-20-23-13-9-8-10-14-23/h8-10,13-14,19,24,35-36H,11-12,15-18,20H2,1-7H3,(H,33,38)(H,34,39)/t24-/m0/s1. The molecule has 2 aromatic carbocycles. The summed E-state index contributed by atoms with van der Waals surface area (Å²) in [6, 6.07) is 9.91. The average Bonchev–Trinajstić information content (AvgIpc) is 2.89. The third-order valence-corrected chi connectivity index (χ3v) is 6.74. The Kier molecular flexibility index (Phi) is 12.5. The number of rotatable bonds is 13. The zero-order valence-electron chi connectivity index (χ0n) is 25.8. The van der Waals surface area contributed by atoms with E-state index in [1.807, 2.05) is 44.2 Å². The summed E-state index contributed by atoms with van der Waals surface area (Å²) in [5.74, 6) is -0.422. The summed E-state index contributed by atoms with van der Waals surface area (Å²) in [6.07, 6.45) is 0.423. The highest BCUT2D eigenvalue weighted by molar-refractivity contribution is 5.81. The molecule has 42 heavy (non-hydrogen) atoms. The molecule has 1 atom stereocenters. The van der Waals surface area contributed by atoms with Crippen LogP contribution < -0.4 is 10.6 Å². The van der Waals surface area contributed by atoms with E-state index in [0.717, 1.165) is 5.56 Å². The molecule has 0 radical (unpaired) electrons. The highest BCUT2D eigenvalue weighted by Gasteiger charge is 2.30. The maximum Gasteiger partial charge on any atom is 0.408 e. The third kappa shape index (κ3) is 11.1. The lowest BCUT2D eigenvalue weighted by Gasteiger charge is -2.29. The number of amides is 2. The predicted octanol–water partition coefficient (Wildman–Crippen LogP) is 5.92. The first-order valence-electron chi connectivity index (χ1n) is 14.2. The molecule has 4 N–H and O–H groups in total. The van der Waals surface area contributed by atoms with Crippen molar-refractivity contribution in [2.75, 3.05) is 13.2 Å². The fraction of sp³-hybridized carbons (Fsp3) is 0.531. The van der Waals surface area contributed by atoms with Crippen LogP contribution >= 0.6 is 0 Å². The van der Waals surface area contributed by atoms with Gasteiger partial charge in [0.2, 0.25) is 0 Å². The molecule has 0 saturated heterocycles. The molecule has 0 saturated carbocycles. The van der Waals surface area contributed by atoms with Gasteiger partial charge in [0.15, 0.2) is 0 Å². The minimum absolute atomic E-state index is 0.0284. The number of aryl methyl sites for hydroxylation is 1. The molecular weight excluding hydrogens is 540 g/mol. The van der Waals surface area contributed by atoms with E-state index < -0.39 is 35.2 Å². The van der Waals surface area contributed by atoms with Gasteiger partial charge in [0.05, 0.1) is 6.61 Å². The van der Waals surface area contributed by atoms with E-state index in [4.69, 9.17) is 14.2 Å². The van der Waals surface area contributed by atoms with E-state index in [-0.39, 0.29) is 31.1 Å². The Labute approximate surface area is 248 Å². The Morgan fingerprint density at radius 1 is 0.929 bits per heavy atom. The Morgan fingerprint density at radius 2 is 1.60 bits per heavy atom. The SMILES string of the molecule is Cc1cc(O)c(C(C)(C)CCOC(=O)[C@H](CCCCNC(=O)OCc2ccccc2)NC(=O)OC(C)(C)C)c(C)c1O. The van der Waals surface area contributed by atoms with E-state index >= 15 is 0 Å². The predicted molar refractivity (Wildman–Crippen MR) is 159 cm³/mol. The summed E-state index contributed by atoms with van der Waals surface area (Å²) in [4.78, 5) is 37.4. The topological polar surface area (TPSA) is 143 Å². The van der Waals surface area contributed by atoms with Gasteiger partial charge in [0.1, 0.15) is 29.7 Å². The van der Waals surface area contributed by atoms with Crippen LogP contribution in [0.15, 0.2) is 36.4 Å². The average molecular weight is 587 g/mol. The molecule has 10 heteroatoms. The molecule has 0 aliphatic rings. The van der Waals surface area contributed by atoms with Crippen molar-refractivity contribution in [2.45, 2.75) is 97.8 Å². The summed E-state index contributed by atoms with van der Waals surface area (Å²) < 4.78 is 16.1. The first kappa shape index (κ1) is 34.3. The van der Waals surface area contributed by atoms with Crippen molar-refractivity contribution in [3.8, 4) is 11.5 Å². The van der Waals surface area contributed by atoms with Gasteiger partial charge in [-0.2, -0.15) is 0 Å². The first-order valence-corrected chi connectivity index (χ1v) is 14.2. The van der Waals surface area contributed by atoms with E-state index in [9.17, 15) is 24.6 Å². The molecule has 10 nitrogen and oxygen atoms in total. The van der Waals surface area contributed by atoms with E-state index in [1.165, 1.54) is 6.07 Å². The molecule has 0 unspecified atom stereocenters. The minimum atomic E-state index is -0.952. The van der Waals surface area contributed by atoms with Crippen LogP contribution in [0.2, 0.25) is 0 Å². The summed E-state index contributed by atoms with van der Waals surface area (Å²) in [5, 5.41) is 26.2. The molecule has 0 aliphatic carbocycles. The normalized spacial score (nSPS) is 12.3. The maximum absolute atomic E-state index is 13.0. The van der Waals surface area contributed by atoms with E-state index in [2.05, 4.69) is 10.6 Å². The number of carbonyl (C=O) groups is 3. The number of phenolic OH excluding ortho intramolecular Hbond substituents is 2. The molecule has 0 bridgehead atoms. The van der Waals surface area contributed by atoms with Crippen molar-refractivity contribution >= 4 is 18.2 Å². The van der Waals surface area contributed by atoms with Gasteiger partial charge in [-0.05, 0) is 88.5 Å². The van der Waals surface area contributed by atoms with Crippen LogP contribution in [0.4, 0.5) is 9.59 Å². The van der Waals surface area contributed by atoms with Crippen molar-refractivity contribution in [2.24, 2.45) is 0 Å². The maximum atomic E-state index is 13.0. The molecule has 0 aromatic heterocycles. The molecule has 2 amide bonds. The quantitative estimate of drug-likeness (QED) is 0.0981. The van der Waals surface area contributed by atoms with Crippen molar-refractivity contribution < 1.29 is 38.8 Å². The summed E-state index contributed by atoms with van der Waals surface area (Å²) >= 11 is 0. The lowest BCUT2D eigenvalue weighted by atomic mass is 9.78. The summed E-state index contributed by atoms with van der Waals surface area (Å²) in [6.45, 7) is 13.0. The molecule has 0 heterocycles. The fourth-order valence-corrected chi connectivity index (χ4v) is 4.58. The summed E-state index contributed by atoms with van der Waals surface area (Å²) in [7, 11) is 0. The number of benzene rings is 2. The van der Waals surface area contributed by atoms with Crippen LogP contribution in [-0.2, 0) is 31.0 Å². The number of aromatic hydroxyl groups is 2. The lowest BCUT2D eigenvalue weighted by Crippen LogP contribution is -2.44. The highest BCUT2D eigenvalue weighted by Crippen LogP contribution is 2.41. The number of alkyl carbamates (subject to hydrolysis) is 2. The van der Waals surface area contributed by atoms with Crippen LogP contribution in [0, 0.1) is 13.8 Å². The number of ether oxygens (including phenoxy) is 3. The molecule has 2 aromatic rings. The number of hydrogen-bond acceptors (Lipinski definition) is 8. The largest absolute Gasteiger partial charge is 0.508 e. The number of unbranched alkanes of at least 4 members (excludes halogenated alkanes) is 1. The Balaban J connectivity index is 1.91. The van der Waals surface area contributed by atoms with Crippen LogP contribution in [0.5, 0.6) is 11.5 Å². The third-order valence-electron chi connectivity index (χ3n) is 6.74. The number of hydrogen-bond donors (Lipinski definition) is 4. The zero-order chi connectivity index (χ0) is 31.5. The monoisotopic (exact) mass is 586 g/mol. The van der Waals surface area contributed by atoms with Gasteiger partial charge in [0.25, 0.3) is 0 Å². The van der Waals surface area contributed by atoms with Crippen molar-refractivity contribution in [1.82, 2.24) is 10.6 Å². The van der Waals surface area contributed by atoms with Gasteiger partial charge in [-0.1, -0.05) is 44.2 Å². The second kappa shape index (κ2) is 15.3. The van der Waals surface area contributed by atoms with Gasteiger partial charge in [-0.25, -0.2) is 14.4 Å². The van der Waals surface area contributed by atoms with Gasteiger partial charge in [0, 0.05) is 12.1 Å². The molecule has 0 fully saturated rings. The number of esters is 1. The second-order valence-electron chi connectivity index (χ2n) is 12.0. The van der Waals surface area contributed by atoms with E-state index in [1.54, 1.807) is 34.6 Å². The van der Waals surface area contributed by atoms with Gasteiger partial charge in [-0.15, -0.1) is 0 Å². The molecule has 232 valence electrons. The Bertz CT molecular complexity index is 1210. The second-order valence-corrected chi connectivity index (χ2v) is 12.0. The van der Waals surface area contributed by atoms with Gasteiger partial charge < -0.3 is 35.1 Å². The Hall–Kier alpha value is -3.95. The highest BCUT2D eigenvalue weighted by atomic mass is 16.6. The first-order chi connectivity index (χ1) is 19.6. The minimum Gasteiger partial charge on any atom is -0.508 e. The molecule has 0 aliphatic heterocycles. The van der Waals surface area contributed by atoms with E-state index in [0.29, 0.717) is 42.5 Å². The zero-order valence-corrected chi connectivity index (χ0v) is 25.8. The van der Waals surface area contributed by atoms with Gasteiger partial charge >= 0.3 is 18.2 Å². The van der Waals surface area contributed by atoms with Crippen molar-refractivity contribution in [1.29, 1.82) is 0 Å². The van der Waals surface area contributed by atoms with Crippen LogP contribution in [0.1, 0.15) is 82.6 Å². The van der Waals surface area contributed by atoms with Gasteiger partial charge in [-0.3, -0.25) is 0 Å². The number of phenols is 2. The van der Waals surface area contributed by atoms with Crippen LogP contribution in [0.25, 0.3) is 0 Å². The lowest BCUT2D eigenvalue weighted by molar-refractivity contribution is -0.146. The molecule has 2 rings (SSSR count). The fourth-order valence-electron chi connectivity index (χ4n) is 4.58. The summed E-state index contributed by atoms with van der Waals surface area (Å²) in [5.41, 5.74) is 1.26. The van der Waals surface area contributed by atoms with Crippen LogP contribution in [-0.4, -0.2) is 53.2 Å². The van der Waals surface area contributed by atoms with Crippen molar-refractivity contribution in [3.05, 3.63) is 58.7 Å². The Morgan fingerprint density at radius 3 is 2.24 bits per heavy atom.